The van der Waals surface area contributed by atoms with Crippen LogP contribution >= 0.6 is 11.6 Å². The largest absolute Gasteiger partial charge is 0.389 e. The van der Waals surface area contributed by atoms with Crippen LogP contribution < -0.4 is 10.6 Å². The van der Waals surface area contributed by atoms with Crippen molar-refractivity contribution >= 4 is 34.2 Å². The third-order valence-corrected chi connectivity index (χ3v) is 7.70. The number of aromatic nitrogens is 3. The summed E-state index contributed by atoms with van der Waals surface area (Å²) in [5.74, 6) is 0.564. The van der Waals surface area contributed by atoms with Gasteiger partial charge in [0.2, 0.25) is 5.95 Å². The van der Waals surface area contributed by atoms with E-state index in [1.165, 1.54) is 6.08 Å². The minimum absolute atomic E-state index is 0.0103. The van der Waals surface area contributed by atoms with Crippen LogP contribution in [0.5, 0.6) is 0 Å². The molecular weight excluding hydrogens is 476 g/mol. The zero-order chi connectivity index (χ0) is 25.1. The highest BCUT2D eigenvalue weighted by Gasteiger charge is 2.37. The molecule has 1 aromatic carbocycles. The third-order valence-electron chi connectivity index (χ3n) is 7.42. The van der Waals surface area contributed by atoms with E-state index in [-0.39, 0.29) is 17.9 Å². The maximum absolute atomic E-state index is 11.5. The Balaban J connectivity index is 1.16. The van der Waals surface area contributed by atoms with E-state index in [2.05, 4.69) is 32.1 Å². The Hall–Kier alpha value is -2.78. The van der Waals surface area contributed by atoms with Gasteiger partial charge in [0.25, 0.3) is 0 Å². The molecule has 0 bridgehead atoms. The summed E-state index contributed by atoms with van der Waals surface area (Å²) in [4.78, 5) is 26.2. The first-order valence-corrected chi connectivity index (χ1v) is 13.0. The van der Waals surface area contributed by atoms with Gasteiger partial charge in [-0.15, -0.1) is 0 Å². The summed E-state index contributed by atoms with van der Waals surface area (Å²) in [5, 5.41) is 19.6. The van der Waals surface area contributed by atoms with Crippen LogP contribution in [0.15, 0.2) is 49.3 Å². The summed E-state index contributed by atoms with van der Waals surface area (Å²) in [6.45, 7) is 6.29. The number of H-pyrrole nitrogens is 1. The van der Waals surface area contributed by atoms with E-state index in [0.29, 0.717) is 29.8 Å². The van der Waals surface area contributed by atoms with Gasteiger partial charge in [-0.05, 0) is 50.8 Å². The Bertz CT molecular complexity index is 1240. The molecule has 9 heteroatoms. The van der Waals surface area contributed by atoms with E-state index in [0.717, 1.165) is 61.7 Å². The fourth-order valence-electron chi connectivity index (χ4n) is 5.41. The highest BCUT2D eigenvalue weighted by atomic mass is 35.5. The summed E-state index contributed by atoms with van der Waals surface area (Å²) >= 11 is 6.47. The lowest BCUT2D eigenvalue weighted by Crippen LogP contribution is -2.47. The number of halogens is 1. The second kappa shape index (κ2) is 10.7. The average molecular weight is 509 g/mol. The highest BCUT2D eigenvalue weighted by Crippen LogP contribution is 2.34. The monoisotopic (exact) mass is 508 g/mol. The molecule has 190 valence electrons. The number of nitrogens with one attached hydrogen (secondary N) is 3. The number of aliphatic hydroxyl groups is 1. The molecule has 4 N–H and O–H groups in total. The molecule has 36 heavy (non-hydrogen) atoms. The maximum Gasteiger partial charge on any atom is 0.223 e. The Kier molecular flexibility index (Phi) is 7.39. The van der Waals surface area contributed by atoms with Crippen molar-refractivity contribution in [3.63, 3.8) is 0 Å². The number of anilines is 1. The van der Waals surface area contributed by atoms with Gasteiger partial charge in [-0.3, -0.25) is 9.69 Å². The summed E-state index contributed by atoms with van der Waals surface area (Å²) in [5.41, 5.74) is 1.99. The number of benzene rings is 1. The van der Waals surface area contributed by atoms with Crippen molar-refractivity contribution in [1.29, 1.82) is 0 Å². The molecule has 2 fully saturated rings. The molecule has 1 atom stereocenters. The quantitative estimate of drug-likeness (QED) is 0.326. The molecule has 3 aromatic rings. The zero-order valence-electron chi connectivity index (χ0n) is 20.3. The summed E-state index contributed by atoms with van der Waals surface area (Å²) < 4.78 is 0. The number of aromatic amines is 1. The Morgan fingerprint density at radius 2 is 2.08 bits per heavy atom. The Labute approximate surface area is 216 Å². The summed E-state index contributed by atoms with van der Waals surface area (Å²) in [6, 6.07) is 8.55. The number of rotatable bonds is 9. The van der Waals surface area contributed by atoms with Crippen molar-refractivity contribution in [3.8, 4) is 11.3 Å². The van der Waals surface area contributed by atoms with Crippen molar-refractivity contribution in [3.05, 3.63) is 54.3 Å². The van der Waals surface area contributed by atoms with E-state index < -0.39 is 5.60 Å². The van der Waals surface area contributed by atoms with Gasteiger partial charge < -0.3 is 20.7 Å². The molecule has 1 saturated heterocycles. The standard InChI is InChI=1S/C27H33ClN6O2/c1-2-20(35)13-29-19-9-12-34(16-19)17-27(36)10-7-18(8-11-27)32-26-31-15-23(28)25(33-26)22-14-30-24-6-4-3-5-21(22)24/h2-6,14-15,18-19,29-30,36H,1,7-13,16-17H2,(H,31,32,33)/t18?,19-,27?/m0/s1. The fourth-order valence-corrected chi connectivity index (χ4v) is 5.60. The number of carbonyl (C=O) groups excluding carboxylic acids is 1. The van der Waals surface area contributed by atoms with E-state index in [1.807, 2.05) is 30.5 Å². The molecule has 2 aromatic heterocycles. The number of nitrogens with zero attached hydrogens (tertiary/aromatic N) is 3. The van der Waals surface area contributed by atoms with Crippen LogP contribution in [-0.4, -0.2) is 74.6 Å². The zero-order valence-corrected chi connectivity index (χ0v) is 21.1. The second-order valence-corrected chi connectivity index (χ2v) is 10.5. The molecular formula is C27H33ClN6O2. The van der Waals surface area contributed by atoms with Gasteiger partial charge in [-0.2, -0.15) is 0 Å². The predicted octanol–water partition coefficient (Wildman–Crippen LogP) is 3.78. The molecule has 1 saturated carbocycles. The lowest BCUT2D eigenvalue weighted by molar-refractivity contribution is -0.113. The van der Waals surface area contributed by atoms with Crippen LogP contribution in [0.3, 0.4) is 0 Å². The first-order chi connectivity index (χ1) is 17.4. The lowest BCUT2D eigenvalue weighted by Gasteiger charge is -2.38. The Morgan fingerprint density at radius 3 is 2.89 bits per heavy atom. The van der Waals surface area contributed by atoms with Crippen LogP contribution in [0.4, 0.5) is 5.95 Å². The van der Waals surface area contributed by atoms with Crippen LogP contribution in [0.25, 0.3) is 22.2 Å². The average Bonchev–Trinajstić information content (AvgIpc) is 3.52. The smallest absolute Gasteiger partial charge is 0.223 e. The summed E-state index contributed by atoms with van der Waals surface area (Å²) in [7, 11) is 0. The molecule has 0 radical (unpaired) electrons. The molecule has 1 aliphatic heterocycles. The SMILES string of the molecule is C=CC(=O)CN[C@H]1CCN(CC2(O)CCC(Nc3ncc(Cl)c(-c4c[nH]c5ccccc45)n3)CC2)C1. The topological polar surface area (TPSA) is 106 Å². The molecule has 0 amide bonds. The molecule has 1 aliphatic carbocycles. The van der Waals surface area contributed by atoms with Crippen LogP contribution in [0.1, 0.15) is 32.1 Å². The fraction of sp³-hybridized carbons (Fsp3) is 0.444. The lowest BCUT2D eigenvalue weighted by atomic mass is 9.82. The molecule has 0 spiro atoms. The third kappa shape index (κ3) is 5.62. The van der Waals surface area contributed by atoms with E-state index in [4.69, 9.17) is 16.6 Å². The van der Waals surface area contributed by atoms with Crippen molar-refractivity contribution in [2.75, 3.05) is 31.5 Å². The molecule has 0 unspecified atom stereocenters. The molecule has 5 rings (SSSR count). The van der Waals surface area contributed by atoms with Gasteiger partial charge in [0.15, 0.2) is 5.78 Å². The Morgan fingerprint density at radius 1 is 1.28 bits per heavy atom. The van der Waals surface area contributed by atoms with Crippen LogP contribution in [-0.2, 0) is 4.79 Å². The van der Waals surface area contributed by atoms with Gasteiger partial charge in [-0.1, -0.05) is 36.4 Å². The normalized spacial score (nSPS) is 24.7. The van der Waals surface area contributed by atoms with Crippen LogP contribution in [0.2, 0.25) is 5.02 Å². The van der Waals surface area contributed by atoms with Gasteiger partial charge in [0.05, 0.1) is 29.1 Å². The number of hydrogen-bond donors (Lipinski definition) is 4. The first-order valence-electron chi connectivity index (χ1n) is 12.6. The van der Waals surface area contributed by atoms with Crippen molar-refractivity contribution in [2.45, 2.75) is 49.8 Å². The molecule has 8 nitrogen and oxygen atoms in total. The number of ketones is 1. The molecule has 2 aliphatic rings. The number of likely N-dealkylation sites (tertiary alicyclic amines) is 1. The van der Waals surface area contributed by atoms with E-state index >= 15 is 0 Å². The van der Waals surface area contributed by atoms with Crippen LogP contribution in [0, 0.1) is 0 Å². The first kappa shape index (κ1) is 24.9. The molecule has 3 heterocycles. The van der Waals surface area contributed by atoms with Crippen molar-refractivity contribution < 1.29 is 9.90 Å². The number of hydrogen-bond acceptors (Lipinski definition) is 7. The number of para-hydroxylation sites is 1. The highest BCUT2D eigenvalue weighted by molar-refractivity contribution is 6.33. The predicted molar refractivity (Wildman–Crippen MR) is 143 cm³/mol. The minimum Gasteiger partial charge on any atom is -0.389 e. The van der Waals surface area contributed by atoms with E-state index in [9.17, 15) is 9.90 Å². The van der Waals surface area contributed by atoms with Gasteiger partial charge >= 0.3 is 0 Å². The number of β-amino-alcohol motifs (C(OH)–C–C–N with tert-alkyl or cyclic N) is 1. The van der Waals surface area contributed by atoms with Gasteiger partial charge in [-0.25, -0.2) is 9.97 Å². The van der Waals surface area contributed by atoms with E-state index in [1.54, 1.807) is 6.20 Å². The van der Waals surface area contributed by atoms with Crippen molar-refractivity contribution in [2.24, 2.45) is 0 Å². The van der Waals surface area contributed by atoms with Crippen molar-refractivity contribution in [1.82, 2.24) is 25.2 Å². The maximum atomic E-state index is 11.5. The van der Waals surface area contributed by atoms with Gasteiger partial charge in [0.1, 0.15) is 0 Å². The minimum atomic E-state index is -0.694. The summed E-state index contributed by atoms with van der Waals surface area (Å²) in [6.07, 6.45) is 9.04. The van der Waals surface area contributed by atoms with Gasteiger partial charge in [0, 0.05) is 47.8 Å². The number of carbonyl (C=O) groups is 1. The second-order valence-electron chi connectivity index (χ2n) is 10.1. The number of fused-ring (bicyclic) bond motifs is 1.